The standard InChI is InChI=1S/C15H22N2O2/c1-19-11-12-5-4-8-14(9-12)16-10-15(18)17-13-6-2-3-7-13/h4-5,8-9,13,16H,2-3,6-7,10-11H2,1H3,(H,17,18). The van der Waals surface area contributed by atoms with Crippen LogP contribution in [-0.4, -0.2) is 25.6 Å². The van der Waals surface area contributed by atoms with Crippen molar-refractivity contribution in [3.8, 4) is 0 Å². The van der Waals surface area contributed by atoms with Crippen molar-refractivity contribution in [2.24, 2.45) is 0 Å². The molecule has 104 valence electrons. The molecule has 1 aliphatic rings. The summed E-state index contributed by atoms with van der Waals surface area (Å²) < 4.78 is 5.09. The van der Waals surface area contributed by atoms with Crippen molar-refractivity contribution in [1.29, 1.82) is 0 Å². The van der Waals surface area contributed by atoms with Gasteiger partial charge in [0.05, 0.1) is 13.2 Å². The van der Waals surface area contributed by atoms with Crippen LogP contribution < -0.4 is 10.6 Å². The summed E-state index contributed by atoms with van der Waals surface area (Å²) in [4.78, 5) is 11.8. The van der Waals surface area contributed by atoms with Gasteiger partial charge in [-0.2, -0.15) is 0 Å². The van der Waals surface area contributed by atoms with E-state index in [9.17, 15) is 4.79 Å². The van der Waals surface area contributed by atoms with Crippen LogP contribution in [0.4, 0.5) is 5.69 Å². The molecule has 0 radical (unpaired) electrons. The first-order chi connectivity index (χ1) is 9.28. The van der Waals surface area contributed by atoms with Gasteiger partial charge >= 0.3 is 0 Å². The van der Waals surface area contributed by atoms with Crippen molar-refractivity contribution in [2.75, 3.05) is 19.0 Å². The Morgan fingerprint density at radius 2 is 2.16 bits per heavy atom. The normalized spacial score (nSPS) is 15.4. The molecule has 2 N–H and O–H groups in total. The molecule has 1 saturated carbocycles. The quantitative estimate of drug-likeness (QED) is 0.827. The molecule has 0 spiro atoms. The second-order valence-corrected chi connectivity index (χ2v) is 5.04. The fourth-order valence-electron chi connectivity index (χ4n) is 2.47. The molecule has 0 saturated heterocycles. The highest BCUT2D eigenvalue weighted by Gasteiger charge is 2.16. The summed E-state index contributed by atoms with van der Waals surface area (Å²) in [5.74, 6) is 0.0732. The lowest BCUT2D eigenvalue weighted by Gasteiger charge is -2.13. The molecule has 2 rings (SSSR count). The summed E-state index contributed by atoms with van der Waals surface area (Å²) in [6.07, 6.45) is 4.71. The lowest BCUT2D eigenvalue weighted by molar-refractivity contribution is -0.120. The zero-order valence-corrected chi connectivity index (χ0v) is 11.4. The lowest BCUT2D eigenvalue weighted by Crippen LogP contribution is -2.36. The largest absolute Gasteiger partial charge is 0.380 e. The molecule has 1 fully saturated rings. The molecule has 0 aromatic heterocycles. The van der Waals surface area contributed by atoms with Crippen LogP contribution in [0.25, 0.3) is 0 Å². The van der Waals surface area contributed by atoms with Gasteiger partial charge in [-0.25, -0.2) is 0 Å². The first-order valence-electron chi connectivity index (χ1n) is 6.89. The smallest absolute Gasteiger partial charge is 0.239 e. The number of hydrogen-bond acceptors (Lipinski definition) is 3. The fourth-order valence-corrected chi connectivity index (χ4v) is 2.47. The Bertz CT molecular complexity index is 414. The molecule has 0 aliphatic heterocycles. The second-order valence-electron chi connectivity index (χ2n) is 5.04. The van der Waals surface area contributed by atoms with Gasteiger partial charge in [0.1, 0.15) is 0 Å². The van der Waals surface area contributed by atoms with Crippen LogP contribution in [0.5, 0.6) is 0 Å². The van der Waals surface area contributed by atoms with Crippen molar-refractivity contribution in [2.45, 2.75) is 38.3 Å². The van der Waals surface area contributed by atoms with E-state index in [2.05, 4.69) is 10.6 Å². The van der Waals surface area contributed by atoms with Crippen LogP contribution in [0.2, 0.25) is 0 Å². The molecule has 0 heterocycles. The van der Waals surface area contributed by atoms with E-state index >= 15 is 0 Å². The Morgan fingerprint density at radius 3 is 2.89 bits per heavy atom. The lowest BCUT2D eigenvalue weighted by atomic mass is 10.2. The molecule has 0 bridgehead atoms. The molecule has 1 aromatic rings. The minimum Gasteiger partial charge on any atom is -0.380 e. The maximum atomic E-state index is 11.8. The van der Waals surface area contributed by atoms with Gasteiger partial charge in [0.15, 0.2) is 0 Å². The van der Waals surface area contributed by atoms with Crippen molar-refractivity contribution < 1.29 is 9.53 Å². The number of ether oxygens (including phenoxy) is 1. The number of anilines is 1. The van der Waals surface area contributed by atoms with E-state index in [1.165, 1.54) is 12.8 Å². The van der Waals surface area contributed by atoms with Gasteiger partial charge in [0.25, 0.3) is 0 Å². The number of methoxy groups -OCH3 is 1. The Morgan fingerprint density at radius 1 is 1.37 bits per heavy atom. The molecule has 1 aromatic carbocycles. The summed E-state index contributed by atoms with van der Waals surface area (Å²) in [6.45, 7) is 0.913. The van der Waals surface area contributed by atoms with E-state index in [-0.39, 0.29) is 5.91 Å². The van der Waals surface area contributed by atoms with Crippen molar-refractivity contribution in [3.05, 3.63) is 29.8 Å². The van der Waals surface area contributed by atoms with Crippen LogP contribution in [0.1, 0.15) is 31.2 Å². The Labute approximate surface area is 114 Å². The maximum absolute atomic E-state index is 11.8. The zero-order valence-electron chi connectivity index (χ0n) is 11.4. The number of rotatable bonds is 6. The molecular formula is C15H22N2O2. The third kappa shape index (κ3) is 4.56. The van der Waals surface area contributed by atoms with Crippen LogP contribution in [-0.2, 0) is 16.1 Å². The third-order valence-electron chi connectivity index (χ3n) is 3.41. The van der Waals surface area contributed by atoms with Crippen molar-refractivity contribution in [3.63, 3.8) is 0 Å². The summed E-state index contributed by atoms with van der Waals surface area (Å²) >= 11 is 0. The summed E-state index contributed by atoms with van der Waals surface area (Å²) in [7, 11) is 1.68. The average Bonchev–Trinajstić information content (AvgIpc) is 2.90. The first-order valence-corrected chi connectivity index (χ1v) is 6.89. The van der Waals surface area contributed by atoms with Gasteiger partial charge < -0.3 is 15.4 Å². The molecule has 1 amide bonds. The van der Waals surface area contributed by atoms with Crippen molar-refractivity contribution in [1.82, 2.24) is 5.32 Å². The predicted octanol–water partition coefficient (Wildman–Crippen LogP) is 2.30. The topological polar surface area (TPSA) is 50.4 Å². The van der Waals surface area contributed by atoms with Gasteiger partial charge in [0, 0.05) is 18.8 Å². The number of benzene rings is 1. The fraction of sp³-hybridized carbons (Fsp3) is 0.533. The number of carbonyl (C=O) groups is 1. The second kappa shape index (κ2) is 7.14. The van der Waals surface area contributed by atoms with E-state index in [1.54, 1.807) is 7.11 Å². The van der Waals surface area contributed by atoms with E-state index in [4.69, 9.17) is 4.74 Å². The minimum atomic E-state index is 0.0732. The highest BCUT2D eigenvalue weighted by molar-refractivity contribution is 5.81. The van der Waals surface area contributed by atoms with Crippen LogP contribution >= 0.6 is 0 Å². The molecule has 19 heavy (non-hydrogen) atoms. The van der Waals surface area contributed by atoms with E-state index < -0.39 is 0 Å². The third-order valence-corrected chi connectivity index (χ3v) is 3.41. The summed E-state index contributed by atoms with van der Waals surface area (Å²) in [6, 6.07) is 8.32. The van der Waals surface area contributed by atoms with E-state index in [0.717, 1.165) is 24.1 Å². The monoisotopic (exact) mass is 262 g/mol. The van der Waals surface area contributed by atoms with Crippen LogP contribution in [0.3, 0.4) is 0 Å². The van der Waals surface area contributed by atoms with Crippen molar-refractivity contribution >= 4 is 11.6 Å². The molecule has 4 nitrogen and oxygen atoms in total. The van der Waals surface area contributed by atoms with Gasteiger partial charge in [0.2, 0.25) is 5.91 Å². The minimum absolute atomic E-state index is 0.0732. The van der Waals surface area contributed by atoms with E-state index in [0.29, 0.717) is 19.2 Å². The molecule has 0 atom stereocenters. The van der Waals surface area contributed by atoms with Crippen LogP contribution in [0.15, 0.2) is 24.3 Å². The molecular weight excluding hydrogens is 240 g/mol. The molecule has 1 aliphatic carbocycles. The molecule has 0 unspecified atom stereocenters. The maximum Gasteiger partial charge on any atom is 0.239 e. The number of hydrogen-bond donors (Lipinski definition) is 2. The average molecular weight is 262 g/mol. The number of amides is 1. The highest BCUT2D eigenvalue weighted by atomic mass is 16.5. The first kappa shape index (κ1) is 13.9. The Balaban J connectivity index is 1.77. The summed E-state index contributed by atoms with van der Waals surface area (Å²) in [5, 5.41) is 6.21. The number of nitrogens with one attached hydrogen (secondary N) is 2. The van der Waals surface area contributed by atoms with Gasteiger partial charge in [-0.1, -0.05) is 25.0 Å². The zero-order chi connectivity index (χ0) is 13.5. The van der Waals surface area contributed by atoms with Crippen LogP contribution in [0, 0.1) is 0 Å². The van der Waals surface area contributed by atoms with Gasteiger partial charge in [-0.3, -0.25) is 4.79 Å². The number of carbonyl (C=O) groups excluding carboxylic acids is 1. The predicted molar refractivity (Wildman–Crippen MR) is 76.0 cm³/mol. The highest BCUT2D eigenvalue weighted by Crippen LogP contribution is 2.17. The van der Waals surface area contributed by atoms with Gasteiger partial charge in [-0.05, 0) is 30.5 Å². The van der Waals surface area contributed by atoms with E-state index in [1.807, 2.05) is 24.3 Å². The Hall–Kier alpha value is -1.55. The van der Waals surface area contributed by atoms with Gasteiger partial charge in [-0.15, -0.1) is 0 Å². The SMILES string of the molecule is COCc1cccc(NCC(=O)NC2CCCC2)c1. The summed E-state index contributed by atoms with van der Waals surface area (Å²) in [5.41, 5.74) is 2.06. The molecule has 4 heteroatoms. The Kier molecular flexibility index (Phi) is 5.21.